The molecule has 2 rings (SSSR count). The Morgan fingerprint density at radius 1 is 1.29 bits per heavy atom. The van der Waals surface area contributed by atoms with E-state index in [1.807, 2.05) is 18.2 Å². The number of nitrogen functional groups attached to an aromatic ring is 2. The highest BCUT2D eigenvalue weighted by molar-refractivity contribution is 9.10. The van der Waals surface area contributed by atoms with Crippen LogP contribution in [0.5, 0.6) is 0 Å². The zero-order valence-corrected chi connectivity index (χ0v) is 14.1. The number of hydrazine groups is 1. The third-order valence-electron chi connectivity index (χ3n) is 2.81. The summed E-state index contributed by atoms with van der Waals surface area (Å²) in [4.78, 5) is 12.5. The number of rotatable bonds is 4. The second-order valence-electron chi connectivity index (χ2n) is 4.25. The maximum Gasteiger partial charge on any atom is 0.265 e. The highest BCUT2D eigenvalue weighted by Crippen LogP contribution is 2.31. The predicted molar refractivity (Wildman–Crippen MR) is 91.2 cm³/mol. The minimum absolute atomic E-state index is 0.319. The number of halogens is 2. The standard InChI is InChI=1S/C14H13BrClN3OS/c15-11-5-8(14(20)19-18)1-2-9(11)7-21-10-3-4-13(17)12(16)6-10/h1-6H,7,17-18H2,(H,19,20). The molecule has 0 aliphatic heterocycles. The largest absolute Gasteiger partial charge is 0.398 e. The number of thioether (sulfide) groups is 1. The fourth-order valence-corrected chi connectivity index (χ4v) is 3.54. The number of hydrogen-bond acceptors (Lipinski definition) is 4. The van der Waals surface area contributed by atoms with Crippen molar-refractivity contribution in [2.75, 3.05) is 5.73 Å². The lowest BCUT2D eigenvalue weighted by atomic mass is 10.1. The van der Waals surface area contributed by atoms with Gasteiger partial charge in [0.25, 0.3) is 5.91 Å². The number of benzene rings is 2. The molecule has 7 heteroatoms. The fourth-order valence-electron chi connectivity index (χ4n) is 1.65. The lowest BCUT2D eigenvalue weighted by molar-refractivity contribution is 0.0953. The maximum atomic E-state index is 11.4. The lowest BCUT2D eigenvalue weighted by Gasteiger charge is -2.08. The van der Waals surface area contributed by atoms with Crippen molar-refractivity contribution in [2.24, 2.45) is 5.84 Å². The van der Waals surface area contributed by atoms with Crippen LogP contribution in [-0.4, -0.2) is 5.91 Å². The van der Waals surface area contributed by atoms with Gasteiger partial charge in [0.1, 0.15) is 0 Å². The van der Waals surface area contributed by atoms with Gasteiger partial charge in [-0.2, -0.15) is 0 Å². The van der Waals surface area contributed by atoms with Gasteiger partial charge in [0, 0.05) is 20.7 Å². The molecule has 2 aromatic carbocycles. The summed E-state index contributed by atoms with van der Waals surface area (Å²) in [5, 5.41) is 0.550. The van der Waals surface area contributed by atoms with Crippen LogP contribution in [-0.2, 0) is 5.75 Å². The molecule has 0 heterocycles. The van der Waals surface area contributed by atoms with Gasteiger partial charge in [-0.1, -0.05) is 33.6 Å². The molecular formula is C14H13BrClN3OS. The molecule has 0 unspecified atom stereocenters. The van der Waals surface area contributed by atoms with Crippen LogP contribution in [0.15, 0.2) is 45.8 Å². The van der Waals surface area contributed by atoms with Crippen LogP contribution < -0.4 is 17.0 Å². The molecule has 0 fully saturated rings. The summed E-state index contributed by atoms with van der Waals surface area (Å²) in [5.41, 5.74) is 9.93. The molecule has 0 aromatic heterocycles. The molecule has 0 atom stereocenters. The monoisotopic (exact) mass is 385 g/mol. The molecule has 21 heavy (non-hydrogen) atoms. The van der Waals surface area contributed by atoms with Crippen molar-refractivity contribution >= 4 is 50.9 Å². The summed E-state index contributed by atoms with van der Waals surface area (Å²) >= 11 is 11.1. The molecule has 5 N–H and O–H groups in total. The average Bonchev–Trinajstić information content (AvgIpc) is 2.48. The van der Waals surface area contributed by atoms with E-state index in [4.69, 9.17) is 23.2 Å². The van der Waals surface area contributed by atoms with Crippen molar-refractivity contribution < 1.29 is 4.79 Å². The second kappa shape index (κ2) is 7.17. The zero-order valence-electron chi connectivity index (χ0n) is 10.9. The molecule has 0 aliphatic rings. The number of anilines is 1. The van der Waals surface area contributed by atoms with Crippen molar-refractivity contribution in [3.63, 3.8) is 0 Å². The van der Waals surface area contributed by atoms with E-state index in [0.717, 1.165) is 20.7 Å². The molecule has 0 saturated heterocycles. The van der Waals surface area contributed by atoms with Gasteiger partial charge in [-0.3, -0.25) is 10.2 Å². The van der Waals surface area contributed by atoms with Gasteiger partial charge in [-0.05, 0) is 35.9 Å². The topological polar surface area (TPSA) is 81.1 Å². The van der Waals surface area contributed by atoms with Crippen molar-refractivity contribution in [2.45, 2.75) is 10.6 Å². The second-order valence-corrected chi connectivity index (χ2v) is 6.56. The highest BCUT2D eigenvalue weighted by Gasteiger charge is 2.08. The van der Waals surface area contributed by atoms with E-state index in [9.17, 15) is 4.79 Å². The Hall–Kier alpha value is -1.21. The van der Waals surface area contributed by atoms with Gasteiger partial charge in [0.15, 0.2) is 0 Å². The van der Waals surface area contributed by atoms with Crippen LogP contribution in [0.4, 0.5) is 5.69 Å². The molecule has 0 aliphatic carbocycles. The van der Waals surface area contributed by atoms with E-state index in [1.165, 1.54) is 0 Å². The van der Waals surface area contributed by atoms with Crippen LogP contribution in [0, 0.1) is 0 Å². The minimum Gasteiger partial charge on any atom is -0.398 e. The van der Waals surface area contributed by atoms with Gasteiger partial charge in [-0.15, -0.1) is 11.8 Å². The van der Waals surface area contributed by atoms with Gasteiger partial charge in [0.2, 0.25) is 0 Å². The van der Waals surface area contributed by atoms with Gasteiger partial charge in [-0.25, -0.2) is 5.84 Å². The molecule has 4 nitrogen and oxygen atoms in total. The number of hydrogen-bond donors (Lipinski definition) is 3. The van der Waals surface area contributed by atoms with Gasteiger partial charge >= 0.3 is 0 Å². The van der Waals surface area contributed by atoms with E-state index in [2.05, 4.69) is 21.4 Å². The number of nitrogens with two attached hydrogens (primary N) is 2. The Morgan fingerprint density at radius 3 is 2.67 bits per heavy atom. The zero-order chi connectivity index (χ0) is 15.4. The highest BCUT2D eigenvalue weighted by atomic mass is 79.9. The summed E-state index contributed by atoms with van der Waals surface area (Å²) in [6.45, 7) is 0. The maximum absolute atomic E-state index is 11.4. The van der Waals surface area contributed by atoms with E-state index in [1.54, 1.807) is 30.0 Å². The third kappa shape index (κ3) is 4.14. The fraction of sp³-hybridized carbons (Fsp3) is 0.0714. The molecule has 0 spiro atoms. The summed E-state index contributed by atoms with van der Waals surface area (Å²) in [6, 6.07) is 10.9. The first-order valence-corrected chi connectivity index (χ1v) is 8.14. The SMILES string of the molecule is NNC(=O)c1ccc(CSc2ccc(N)c(Cl)c2)c(Br)c1. The normalized spacial score (nSPS) is 10.4. The summed E-state index contributed by atoms with van der Waals surface area (Å²) < 4.78 is 0.859. The van der Waals surface area contributed by atoms with Gasteiger partial charge < -0.3 is 5.73 Å². The first kappa shape index (κ1) is 16.2. The van der Waals surface area contributed by atoms with E-state index in [0.29, 0.717) is 16.3 Å². The third-order valence-corrected chi connectivity index (χ3v) is 4.92. The van der Waals surface area contributed by atoms with E-state index < -0.39 is 0 Å². The van der Waals surface area contributed by atoms with Crippen molar-refractivity contribution in [1.29, 1.82) is 0 Å². The lowest BCUT2D eigenvalue weighted by Crippen LogP contribution is -2.29. The van der Waals surface area contributed by atoms with Crippen LogP contribution >= 0.6 is 39.3 Å². The van der Waals surface area contributed by atoms with Crippen LogP contribution in [0.1, 0.15) is 15.9 Å². The summed E-state index contributed by atoms with van der Waals surface area (Å²) in [5.74, 6) is 5.53. The Kier molecular flexibility index (Phi) is 5.52. The number of nitrogens with one attached hydrogen (secondary N) is 1. The molecular weight excluding hydrogens is 374 g/mol. The van der Waals surface area contributed by atoms with Crippen molar-refractivity contribution in [1.82, 2.24) is 5.43 Å². The molecule has 0 radical (unpaired) electrons. The molecule has 2 aromatic rings. The molecule has 0 bridgehead atoms. The predicted octanol–water partition coefficient (Wildman–Crippen LogP) is 3.58. The quantitative estimate of drug-likeness (QED) is 0.247. The van der Waals surface area contributed by atoms with Crippen molar-refractivity contribution in [3.8, 4) is 0 Å². The smallest absolute Gasteiger partial charge is 0.265 e. The molecule has 0 saturated carbocycles. The van der Waals surface area contributed by atoms with Crippen LogP contribution in [0.25, 0.3) is 0 Å². The first-order chi connectivity index (χ1) is 10.0. The number of amides is 1. The van der Waals surface area contributed by atoms with E-state index >= 15 is 0 Å². The summed E-state index contributed by atoms with van der Waals surface area (Å²) in [6.07, 6.45) is 0. The Balaban J connectivity index is 2.09. The Morgan fingerprint density at radius 2 is 2.05 bits per heavy atom. The Bertz CT molecular complexity index is 681. The summed E-state index contributed by atoms with van der Waals surface area (Å²) in [7, 11) is 0. The first-order valence-electron chi connectivity index (χ1n) is 5.98. The molecule has 1 amide bonds. The van der Waals surface area contributed by atoms with Crippen molar-refractivity contribution in [3.05, 3.63) is 57.0 Å². The van der Waals surface area contributed by atoms with Crippen LogP contribution in [0.2, 0.25) is 5.02 Å². The van der Waals surface area contributed by atoms with E-state index in [-0.39, 0.29) is 5.91 Å². The minimum atomic E-state index is -0.319. The number of carbonyl (C=O) groups excluding carboxylic acids is 1. The Labute approximate surface area is 140 Å². The average molecular weight is 387 g/mol. The van der Waals surface area contributed by atoms with Crippen LogP contribution in [0.3, 0.4) is 0 Å². The van der Waals surface area contributed by atoms with Gasteiger partial charge in [0.05, 0.1) is 10.7 Å². The number of carbonyl (C=O) groups is 1. The molecule has 110 valence electrons.